The summed E-state index contributed by atoms with van der Waals surface area (Å²) in [6.07, 6.45) is 2.47. The topological polar surface area (TPSA) is 32.8 Å². The lowest BCUT2D eigenvalue weighted by Crippen LogP contribution is -2.56. The molecule has 3 aliphatic rings. The first-order chi connectivity index (χ1) is 14.1. The minimum absolute atomic E-state index is 0.0937. The molecular formula is C24H27FN2O2. The maximum Gasteiger partial charge on any atom is 0.162 e. The fourth-order valence-corrected chi connectivity index (χ4v) is 5.54. The molecule has 1 saturated heterocycles. The maximum atomic E-state index is 13.0. The van der Waals surface area contributed by atoms with Crippen molar-refractivity contribution >= 4 is 11.5 Å². The zero-order valence-corrected chi connectivity index (χ0v) is 16.9. The SMILES string of the molecule is C[C@@]12CN(CCCC(=O)c3ccc(F)cc3)CCC1N1CCOc3cccc2c31. The molecule has 152 valence electrons. The Kier molecular flexibility index (Phi) is 4.58. The van der Waals surface area contributed by atoms with Gasteiger partial charge in [0.05, 0.1) is 12.2 Å². The van der Waals surface area contributed by atoms with Crippen molar-refractivity contribution in [2.75, 3.05) is 37.7 Å². The molecule has 2 aromatic carbocycles. The van der Waals surface area contributed by atoms with Crippen LogP contribution in [0.5, 0.6) is 5.75 Å². The highest BCUT2D eigenvalue weighted by molar-refractivity contribution is 5.95. The molecule has 0 bridgehead atoms. The van der Waals surface area contributed by atoms with Crippen LogP contribution in [0.2, 0.25) is 0 Å². The molecule has 5 rings (SSSR count). The molecule has 0 aliphatic carbocycles. The van der Waals surface area contributed by atoms with Gasteiger partial charge in [-0.1, -0.05) is 19.1 Å². The van der Waals surface area contributed by atoms with Gasteiger partial charge in [-0.05, 0) is 55.3 Å². The van der Waals surface area contributed by atoms with E-state index in [9.17, 15) is 9.18 Å². The lowest BCUT2D eigenvalue weighted by Gasteiger charge is -2.45. The third-order valence-electron chi connectivity index (χ3n) is 6.92. The molecule has 1 fully saturated rings. The Morgan fingerprint density at radius 3 is 2.86 bits per heavy atom. The highest BCUT2D eigenvalue weighted by Crippen LogP contribution is 2.53. The van der Waals surface area contributed by atoms with Crippen LogP contribution in [-0.2, 0) is 5.41 Å². The number of ketones is 1. The lowest BCUT2D eigenvalue weighted by atomic mass is 9.74. The monoisotopic (exact) mass is 394 g/mol. The van der Waals surface area contributed by atoms with Crippen LogP contribution in [0.1, 0.15) is 42.1 Å². The molecule has 0 N–H and O–H groups in total. The Hall–Kier alpha value is -2.40. The van der Waals surface area contributed by atoms with Crippen molar-refractivity contribution < 1.29 is 13.9 Å². The van der Waals surface area contributed by atoms with E-state index in [0.717, 1.165) is 51.4 Å². The number of likely N-dealkylation sites (tertiary alicyclic amines) is 1. The predicted molar refractivity (Wildman–Crippen MR) is 111 cm³/mol. The summed E-state index contributed by atoms with van der Waals surface area (Å²) in [7, 11) is 0. The number of rotatable bonds is 5. The minimum atomic E-state index is -0.305. The number of carbonyl (C=O) groups is 1. The number of ether oxygens (including phenoxy) is 1. The molecule has 0 aromatic heterocycles. The van der Waals surface area contributed by atoms with E-state index in [0.29, 0.717) is 18.0 Å². The van der Waals surface area contributed by atoms with E-state index >= 15 is 0 Å². The first-order valence-electron chi connectivity index (χ1n) is 10.6. The van der Waals surface area contributed by atoms with Crippen molar-refractivity contribution in [3.05, 3.63) is 59.4 Å². The van der Waals surface area contributed by atoms with Crippen LogP contribution in [0.4, 0.5) is 10.1 Å². The van der Waals surface area contributed by atoms with Gasteiger partial charge in [-0.15, -0.1) is 0 Å². The van der Waals surface area contributed by atoms with Gasteiger partial charge < -0.3 is 14.5 Å². The van der Waals surface area contributed by atoms with Gasteiger partial charge in [0.1, 0.15) is 18.2 Å². The van der Waals surface area contributed by atoms with Gasteiger partial charge in [0.25, 0.3) is 0 Å². The molecule has 3 heterocycles. The van der Waals surface area contributed by atoms with E-state index in [1.807, 2.05) is 0 Å². The van der Waals surface area contributed by atoms with Crippen molar-refractivity contribution in [3.63, 3.8) is 0 Å². The van der Waals surface area contributed by atoms with E-state index in [1.54, 1.807) is 12.1 Å². The van der Waals surface area contributed by atoms with E-state index in [-0.39, 0.29) is 17.0 Å². The van der Waals surface area contributed by atoms with Crippen molar-refractivity contribution in [1.82, 2.24) is 4.90 Å². The van der Waals surface area contributed by atoms with Crippen LogP contribution in [-0.4, -0.2) is 49.5 Å². The highest BCUT2D eigenvalue weighted by atomic mass is 19.1. The third-order valence-corrected chi connectivity index (χ3v) is 6.92. The highest BCUT2D eigenvalue weighted by Gasteiger charge is 2.52. The smallest absolute Gasteiger partial charge is 0.162 e. The molecule has 0 spiro atoms. The number of halogens is 1. The average Bonchev–Trinajstić information content (AvgIpc) is 2.98. The van der Waals surface area contributed by atoms with Gasteiger partial charge in [-0.25, -0.2) is 4.39 Å². The van der Waals surface area contributed by atoms with E-state index in [2.05, 4.69) is 34.9 Å². The quantitative estimate of drug-likeness (QED) is 0.717. The number of Topliss-reactive ketones (excluding diaryl/α,β-unsaturated/α-hetero) is 1. The van der Waals surface area contributed by atoms with Crippen molar-refractivity contribution in [1.29, 1.82) is 0 Å². The summed E-state index contributed by atoms with van der Waals surface area (Å²) in [4.78, 5) is 17.5. The van der Waals surface area contributed by atoms with E-state index in [1.165, 1.54) is 23.4 Å². The van der Waals surface area contributed by atoms with Crippen LogP contribution >= 0.6 is 0 Å². The fraction of sp³-hybridized carbons (Fsp3) is 0.458. The molecule has 29 heavy (non-hydrogen) atoms. The molecule has 1 unspecified atom stereocenters. The van der Waals surface area contributed by atoms with Crippen molar-refractivity contribution in [2.45, 2.75) is 37.6 Å². The van der Waals surface area contributed by atoms with Crippen LogP contribution in [0.25, 0.3) is 0 Å². The standard InChI is InChI=1S/C24H27FN2O2/c1-24-16-26(12-3-5-20(28)17-7-9-18(25)10-8-17)13-11-22(24)27-14-15-29-21-6-2-4-19(24)23(21)27/h2,4,6-10,22H,3,5,11-16H2,1H3/t22?,24-/m0/s1. The Morgan fingerprint density at radius 1 is 1.21 bits per heavy atom. The summed E-state index contributed by atoms with van der Waals surface area (Å²) in [5.74, 6) is 0.818. The Bertz CT molecular complexity index is 929. The molecule has 0 saturated carbocycles. The maximum absolute atomic E-state index is 13.0. The van der Waals surface area contributed by atoms with E-state index < -0.39 is 0 Å². The summed E-state index contributed by atoms with van der Waals surface area (Å²) in [5, 5.41) is 0. The normalized spacial score (nSPS) is 25.3. The zero-order chi connectivity index (χ0) is 20.0. The van der Waals surface area contributed by atoms with Crippen LogP contribution < -0.4 is 9.64 Å². The van der Waals surface area contributed by atoms with Crippen LogP contribution in [0.3, 0.4) is 0 Å². The van der Waals surface area contributed by atoms with Crippen molar-refractivity contribution in [2.24, 2.45) is 0 Å². The van der Waals surface area contributed by atoms with Gasteiger partial charge in [-0.3, -0.25) is 4.79 Å². The number of nitrogens with zero attached hydrogens (tertiary/aromatic N) is 2. The summed E-state index contributed by atoms with van der Waals surface area (Å²) in [6.45, 7) is 7.11. The number of anilines is 1. The minimum Gasteiger partial charge on any atom is -0.490 e. The molecule has 4 nitrogen and oxygen atoms in total. The number of carbonyl (C=O) groups excluding carboxylic acids is 1. The zero-order valence-electron chi connectivity index (χ0n) is 16.9. The molecule has 0 radical (unpaired) electrons. The first kappa shape index (κ1) is 18.6. The van der Waals surface area contributed by atoms with E-state index in [4.69, 9.17) is 4.74 Å². The molecule has 0 amide bonds. The Balaban J connectivity index is 1.25. The summed E-state index contributed by atoms with van der Waals surface area (Å²) < 4.78 is 19.0. The Labute approximate surface area is 171 Å². The number of hydrogen-bond acceptors (Lipinski definition) is 4. The van der Waals surface area contributed by atoms with Crippen LogP contribution in [0, 0.1) is 5.82 Å². The van der Waals surface area contributed by atoms with Gasteiger partial charge in [0.2, 0.25) is 0 Å². The summed E-state index contributed by atoms with van der Waals surface area (Å²) in [6, 6.07) is 12.9. The average molecular weight is 394 g/mol. The number of para-hydroxylation sites is 1. The number of benzene rings is 2. The van der Waals surface area contributed by atoms with Gasteiger partial charge in [0.15, 0.2) is 5.78 Å². The molecule has 2 aromatic rings. The number of fused-ring (bicyclic) bond motifs is 3. The van der Waals surface area contributed by atoms with Gasteiger partial charge in [0, 0.05) is 36.5 Å². The predicted octanol–water partition coefficient (Wildman–Crippen LogP) is 4.03. The largest absolute Gasteiger partial charge is 0.490 e. The Morgan fingerprint density at radius 2 is 2.03 bits per heavy atom. The number of hydrogen-bond donors (Lipinski definition) is 0. The fourth-order valence-electron chi connectivity index (χ4n) is 5.54. The first-order valence-corrected chi connectivity index (χ1v) is 10.6. The molecule has 3 aliphatic heterocycles. The van der Waals surface area contributed by atoms with Crippen molar-refractivity contribution in [3.8, 4) is 5.75 Å². The number of piperidine rings is 1. The second kappa shape index (κ2) is 7.13. The van der Waals surface area contributed by atoms with Crippen LogP contribution in [0.15, 0.2) is 42.5 Å². The van der Waals surface area contributed by atoms with Gasteiger partial charge >= 0.3 is 0 Å². The summed E-state index contributed by atoms with van der Waals surface area (Å²) >= 11 is 0. The molecule has 5 heteroatoms. The second-order valence-electron chi connectivity index (χ2n) is 8.73. The molecular weight excluding hydrogens is 367 g/mol. The third kappa shape index (κ3) is 3.12. The second-order valence-corrected chi connectivity index (χ2v) is 8.73. The lowest BCUT2D eigenvalue weighted by molar-refractivity contribution is 0.0962. The summed E-state index contributed by atoms with van der Waals surface area (Å²) in [5.41, 5.74) is 3.41. The van der Waals surface area contributed by atoms with Gasteiger partial charge in [-0.2, -0.15) is 0 Å². The molecule has 2 atom stereocenters.